The standard InChI is InChI=1S/C13H17ClN2O3/c1-13(2,8-17)16-12(19)11(18)15-7-9-5-3-4-6-10(9)14/h3-6,17H,7-8H2,1-2H3,(H,15,18)(H,16,19). The lowest BCUT2D eigenvalue weighted by Crippen LogP contribution is -2.51. The first-order valence-corrected chi connectivity index (χ1v) is 6.18. The lowest BCUT2D eigenvalue weighted by Gasteiger charge is -2.22. The Hall–Kier alpha value is -1.59. The minimum atomic E-state index is -0.835. The van der Waals surface area contributed by atoms with Gasteiger partial charge in [-0.15, -0.1) is 0 Å². The molecule has 2 amide bonds. The van der Waals surface area contributed by atoms with E-state index in [1.54, 1.807) is 38.1 Å². The van der Waals surface area contributed by atoms with E-state index in [9.17, 15) is 9.59 Å². The highest BCUT2D eigenvalue weighted by molar-refractivity contribution is 6.35. The van der Waals surface area contributed by atoms with E-state index in [2.05, 4.69) is 10.6 Å². The van der Waals surface area contributed by atoms with Gasteiger partial charge in [-0.3, -0.25) is 9.59 Å². The van der Waals surface area contributed by atoms with Crippen LogP contribution in [0.15, 0.2) is 24.3 Å². The van der Waals surface area contributed by atoms with Gasteiger partial charge in [0.05, 0.1) is 12.1 Å². The number of nitrogens with one attached hydrogen (secondary N) is 2. The molecule has 0 heterocycles. The van der Waals surface area contributed by atoms with Crippen LogP contribution in [0, 0.1) is 0 Å². The summed E-state index contributed by atoms with van der Waals surface area (Å²) in [5.74, 6) is -1.55. The van der Waals surface area contributed by atoms with Gasteiger partial charge in [-0.25, -0.2) is 0 Å². The van der Waals surface area contributed by atoms with Crippen molar-refractivity contribution < 1.29 is 14.7 Å². The molecule has 0 bridgehead atoms. The van der Waals surface area contributed by atoms with Crippen molar-refractivity contribution in [3.8, 4) is 0 Å². The van der Waals surface area contributed by atoms with Crippen molar-refractivity contribution in [3.63, 3.8) is 0 Å². The molecule has 1 rings (SSSR count). The summed E-state index contributed by atoms with van der Waals surface area (Å²) in [6.07, 6.45) is 0. The predicted octanol–water partition coefficient (Wildman–Crippen LogP) is 0.843. The molecule has 0 saturated heterocycles. The number of rotatable bonds is 4. The predicted molar refractivity (Wildman–Crippen MR) is 72.6 cm³/mol. The molecule has 0 spiro atoms. The monoisotopic (exact) mass is 284 g/mol. The Bertz CT molecular complexity index is 475. The minimum absolute atomic E-state index is 0.172. The first-order chi connectivity index (χ1) is 8.85. The van der Waals surface area contributed by atoms with E-state index in [4.69, 9.17) is 16.7 Å². The van der Waals surface area contributed by atoms with Gasteiger partial charge in [-0.05, 0) is 25.5 Å². The summed E-state index contributed by atoms with van der Waals surface area (Å²) in [5.41, 5.74) is -0.106. The van der Waals surface area contributed by atoms with Crippen LogP contribution in [0.4, 0.5) is 0 Å². The number of halogens is 1. The molecule has 0 aliphatic heterocycles. The molecule has 0 aliphatic rings. The number of aliphatic hydroxyl groups is 1. The second-order valence-corrected chi connectivity index (χ2v) is 5.18. The normalized spacial score (nSPS) is 10.9. The van der Waals surface area contributed by atoms with E-state index >= 15 is 0 Å². The first-order valence-electron chi connectivity index (χ1n) is 5.80. The van der Waals surface area contributed by atoms with Crippen LogP contribution in [-0.2, 0) is 16.1 Å². The van der Waals surface area contributed by atoms with Crippen LogP contribution in [-0.4, -0.2) is 29.1 Å². The SMILES string of the molecule is CC(C)(CO)NC(=O)C(=O)NCc1ccccc1Cl. The van der Waals surface area contributed by atoms with E-state index in [-0.39, 0.29) is 13.2 Å². The third-order valence-corrected chi connectivity index (χ3v) is 2.82. The molecule has 1 aromatic rings. The maximum absolute atomic E-state index is 11.6. The van der Waals surface area contributed by atoms with Gasteiger partial charge >= 0.3 is 11.8 Å². The van der Waals surface area contributed by atoms with Crippen LogP contribution in [0.1, 0.15) is 19.4 Å². The van der Waals surface area contributed by atoms with Crippen molar-refractivity contribution in [3.05, 3.63) is 34.9 Å². The molecule has 5 nitrogen and oxygen atoms in total. The topological polar surface area (TPSA) is 78.4 Å². The Morgan fingerprint density at radius 3 is 2.47 bits per heavy atom. The summed E-state index contributed by atoms with van der Waals surface area (Å²) in [6, 6.07) is 7.04. The highest BCUT2D eigenvalue weighted by Crippen LogP contribution is 2.14. The van der Waals surface area contributed by atoms with E-state index in [1.807, 2.05) is 0 Å². The Morgan fingerprint density at radius 2 is 1.89 bits per heavy atom. The number of hydrogen-bond donors (Lipinski definition) is 3. The molecule has 0 aliphatic carbocycles. The van der Waals surface area contributed by atoms with E-state index in [0.717, 1.165) is 5.56 Å². The highest BCUT2D eigenvalue weighted by atomic mass is 35.5. The highest BCUT2D eigenvalue weighted by Gasteiger charge is 2.23. The zero-order chi connectivity index (χ0) is 14.5. The smallest absolute Gasteiger partial charge is 0.309 e. The van der Waals surface area contributed by atoms with Crippen molar-refractivity contribution in [2.24, 2.45) is 0 Å². The Labute approximate surface area is 117 Å². The van der Waals surface area contributed by atoms with Gasteiger partial charge in [-0.1, -0.05) is 29.8 Å². The van der Waals surface area contributed by atoms with Gasteiger partial charge in [0.25, 0.3) is 0 Å². The molecule has 6 heteroatoms. The number of hydrogen-bond acceptors (Lipinski definition) is 3. The fraction of sp³-hybridized carbons (Fsp3) is 0.385. The van der Waals surface area contributed by atoms with Gasteiger partial charge in [0.2, 0.25) is 0 Å². The molecule has 0 radical (unpaired) electrons. The molecule has 3 N–H and O–H groups in total. The zero-order valence-electron chi connectivity index (χ0n) is 10.9. The van der Waals surface area contributed by atoms with Crippen LogP contribution in [0.3, 0.4) is 0 Å². The summed E-state index contributed by atoms with van der Waals surface area (Å²) in [4.78, 5) is 23.1. The van der Waals surface area contributed by atoms with Gasteiger partial charge in [0, 0.05) is 11.6 Å². The largest absolute Gasteiger partial charge is 0.394 e. The Morgan fingerprint density at radius 1 is 1.26 bits per heavy atom. The van der Waals surface area contributed by atoms with Gasteiger partial charge < -0.3 is 15.7 Å². The average molecular weight is 285 g/mol. The third kappa shape index (κ3) is 4.89. The summed E-state index contributed by atoms with van der Waals surface area (Å²) in [6.45, 7) is 3.15. The van der Waals surface area contributed by atoms with Gasteiger partial charge in [-0.2, -0.15) is 0 Å². The molecule has 104 valence electrons. The van der Waals surface area contributed by atoms with E-state index in [1.165, 1.54) is 0 Å². The van der Waals surface area contributed by atoms with E-state index in [0.29, 0.717) is 5.02 Å². The Kier molecular flexibility index (Phi) is 5.32. The van der Waals surface area contributed by atoms with Crippen molar-refractivity contribution in [1.82, 2.24) is 10.6 Å². The summed E-state index contributed by atoms with van der Waals surface area (Å²) in [5, 5.41) is 14.4. The van der Waals surface area contributed by atoms with Crippen LogP contribution in [0.25, 0.3) is 0 Å². The molecule has 1 aromatic carbocycles. The molecular weight excluding hydrogens is 268 g/mol. The average Bonchev–Trinajstić information content (AvgIpc) is 2.37. The van der Waals surface area contributed by atoms with Crippen LogP contribution in [0.5, 0.6) is 0 Å². The van der Waals surface area contributed by atoms with Crippen molar-refractivity contribution in [2.45, 2.75) is 25.9 Å². The number of carbonyl (C=O) groups excluding carboxylic acids is 2. The minimum Gasteiger partial charge on any atom is -0.394 e. The quantitative estimate of drug-likeness (QED) is 0.717. The fourth-order valence-corrected chi connectivity index (χ4v) is 1.50. The first kappa shape index (κ1) is 15.5. The third-order valence-electron chi connectivity index (χ3n) is 2.45. The number of amides is 2. The van der Waals surface area contributed by atoms with Crippen LogP contribution < -0.4 is 10.6 Å². The molecule has 0 saturated carbocycles. The molecule has 19 heavy (non-hydrogen) atoms. The maximum Gasteiger partial charge on any atom is 0.309 e. The fourth-order valence-electron chi connectivity index (χ4n) is 1.30. The molecule has 0 aromatic heterocycles. The summed E-state index contributed by atoms with van der Waals surface area (Å²) < 4.78 is 0. The van der Waals surface area contributed by atoms with E-state index < -0.39 is 17.4 Å². The Balaban J connectivity index is 2.52. The number of carbonyl (C=O) groups is 2. The number of aliphatic hydroxyl groups excluding tert-OH is 1. The second-order valence-electron chi connectivity index (χ2n) is 4.77. The molecular formula is C13H17ClN2O3. The maximum atomic E-state index is 11.6. The lowest BCUT2D eigenvalue weighted by molar-refractivity contribution is -0.140. The second kappa shape index (κ2) is 6.54. The van der Waals surface area contributed by atoms with Crippen LogP contribution >= 0.6 is 11.6 Å². The summed E-state index contributed by atoms with van der Waals surface area (Å²) in [7, 11) is 0. The van der Waals surface area contributed by atoms with Crippen molar-refractivity contribution in [2.75, 3.05) is 6.61 Å². The van der Waals surface area contributed by atoms with Crippen molar-refractivity contribution >= 4 is 23.4 Å². The molecule has 0 unspecified atom stereocenters. The molecule has 0 fully saturated rings. The number of benzene rings is 1. The van der Waals surface area contributed by atoms with Gasteiger partial charge in [0.1, 0.15) is 0 Å². The zero-order valence-corrected chi connectivity index (χ0v) is 11.6. The lowest BCUT2D eigenvalue weighted by atomic mass is 10.1. The summed E-state index contributed by atoms with van der Waals surface area (Å²) >= 11 is 5.93. The van der Waals surface area contributed by atoms with Crippen LogP contribution in [0.2, 0.25) is 5.02 Å². The van der Waals surface area contributed by atoms with Gasteiger partial charge in [0.15, 0.2) is 0 Å². The molecule has 0 atom stereocenters. The van der Waals surface area contributed by atoms with Crippen molar-refractivity contribution in [1.29, 1.82) is 0 Å².